The van der Waals surface area contributed by atoms with Gasteiger partial charge < -0.3 is 38.1 Å². The molecule has 2 aliphatic rings. The Bertz CT molecular complexity index is 1100. The predicted octanol–water partition coefficient (Wildman–Crippen LogP) is 5.83. The van der Waals surface area contributed by atoms with E-state index in [0.29, 0.717) is 36.8 Å². The molecule has 10 nitrogen and oxygen atoms in total. The van der Waals surface area contributed by atoms with Crippen LogP contribution in [0.5, 0.6) is 17.2 Å². The summed E-state index contributed by atoms with van der Waals surface area (Å²) in [7, 11) is 4.66. The van der Waals surface area contributed by atoms with E-state index in [1.807, 2.05) is 19.1 Å². The van der Waals surface area contributed by atoms with Gasteiger partial charge in [0.05, 0.1) is 32.8 Å². The highest BCUT2D eigenvalue weighted by atomic mass is 16.7. The van der Waals surface area contributed by atoms with Crippen molar-refractivity contribution in [3.63, 3.8) is 0 Å². The zero-order valence-electron chi connectivity index (χ0n) is 27.8. The molecule has 0 radical (unpaired) electrons. The molecule has 1 aromatic rings. The topological polar surface area (TPSA) is 102 Å². The first kappa shape index (κ1) is 36.4. The van der Waals surface area contributed by atoms with Crippen LogP contribution < -0.4 is 14.2 Å². The van der Waals surface area contributed by atoms with Crippen LogP contribution in [0.1, 0.15) is 76.7 Å². The van der Waals surface area contributed by atoms with Crippen molar-refractivity contribution < 1.29 is 42.7 Å². The number of methoxy groups -OCH3 is 3. The SMILES string of the molecule is C=CCO[C@H](C)COc1cc([C@@H](C(=O)N2CCCC[C@H]2C(=O)O[C@H](C)[C@H](C=C)OCOC)C2CCCCC2)cc(OC)c1OC. The molecule has 1 aliphatic heterocycles. The first-order chi connectivity index (χ1) is 21.8. The Morgan fingerprint density at radius 2 is 1.67 bits per heavy atom. The molecule has 1 saturated carbocycles. The van der Waals surface area contributed by atoms with Crippen LogP contribution in [0.3, 0.4) is 0 Å². The van der Waals surface area contributed by atoms with Crippen LogP contribution in [0.4, 0.5) is 0 Å². The van der Waals surface area contributed by atoms with Crippen LogP contribution in [0.25, 0.3) is 0 Å². The zero-order valence-corrected chi connectivity index (χ0v) is 27.8. The smallest absolute Gasteiger partial charge is 0.329 e. The molecule has 1 amide bonds. The number of esters is 1. The highest BCUT2D eigenvalue weighted by molar-refractivity contribution is 5.89. The molecule has 0 spiro atoms. The maximum absolute atomic E-state index is 14.7. The maximum atomic E-state index is 14.7. The van der Waals surface area contributed by atoms with Gasteiger partial charge in [0.15, 0.2) is 11.5 Å². The minimum atomic E-state index is -0.689. The fourth-order valence-corrected chi connectivity index (χ4v) is 6.30. The number of ether oxygens (including phenoxy) is 7. The number of likely N-dealkylation sites (tertiary alicyclic amines) is 1. The molecule has 2 fully saturated rings. The lowest BCUT2D eigenvalue weighted by molar-refractivity contribution is -0.169. The Labute approximate surface area is 269 Å². The Morgan fingerprint density at radius 1 is 0.956 bits per heavy atom. The van der Waals surface area contributed by atoms with Crippen molar-refractivity contribution in [2.24, 2.45) is 5.92 Å². The van der Waals surface area contributed by atoms with Gasteiger partial charge in [-0.3, -0.25) is 4.79 Å². The molecule has 45 heavy (non-hydrogen) atoms. The third-order valence-corrected chi connectivity index (χ3v) is 8.62. The van der Waals surface area contributed by atoms with E-state index in [2.05, 4.69) is 13.2 Å². The van der Waals surface area contributed by atoms with Gasteiger partial charge in [0.1, 0.15) is 31.6 Å². The fraction of sp³-hybridized carbons (Fsp3) is 0.657. The van der Waals surface area contributed by atoms with Crippen LogP contribution in [0.2, 0.25) is 0 Å². The summed E-state index contributed by atoms with van der Waals surface area (Å²) in [6.07, 6.45) is 9.23. The molecule has 1 aliphatic carbocycles. The quantitative estimate of drug-likeness (QED) is 0.113. The number of carbonyl (C=O) groups is 2. The molecule has 5 atom stereocenters. The Kier molecular flexibility index (Phi) is 15.2. The first-order valence-corrected chi connectivity index (χ1v) is 16.1. The van der Waals surface area contributed by atoms with Crippen molar-refractivity contribution in [2.75, 3.05) is 47.9 Å². The van der Waals surface area contributed by atoms with Crippen molar-refractivity contribution in [1.82, 2.24) is 4.90 Å². The van der Waals surface area contributed by atoms with E-state index in [9.17, 15) is 9.59 Å². The lowest BCUT2D eigenvalue weighted by Crippen LogP contribution is -2.52. The monoisotopic (exact) mass is 631 g/mol. The van der Waals surface area contributed by atoms with Gasteiger partial charge in [-0.25, -0.2) is 4.79 Å². The molecule has 0 aromatic heterocycles. The molecule has 0 N–H and O–H groups in total. The number of carbonyl (C=O) groups excluding carboxylic acids is 2. The molecule has 1 heterocycles. The van der Waals surface area contributed by atoms with E-state index in [1.54, 1.807) is 38.2 Å². The molecule has 1 aromatic carbocycles. The summed E-state index contributed by atoms with van der Waals surface area (Å²) >= 11 is 0. The van der Waals surface area contributed by atoms with Crippen LogP contribution in [-0.2, 0) is 28.5 Å². The zero-order chi connectivity index (χ0) is 32.8. The van der Waals surface area contributed by atoms with Gasteiger partial charge in [-0.2, -0.15) is 0 Å². The lowest BCUT2D eigenvalue weighted by Gasteiger charge is -2.40. The van der Waals surface area contributed by atoms with E-state index in [1.165, 1.54) is 7.11 Å². The largest absolute Gasteiger partial charge is 0.493 e. The first-order valence-electron chi connectivity index (χ1n) is 16.1. The molecule has 3 rings (SSSR count). The van der Waals surface area contributed by atoms with E-state index in [0.717, 1.165) is 50.5 Å². The average molecular weight is 632 g/mol. The number of hydrogen-bond donors (Lipinski definition) is 0. The van der Waals surface area contributed by atoms with Crippen LogP contribution in [0, 0.1) is 5.92 Å². The third kappa shape index (κ3) is 9.95. The molecule has 0 unspecified atom stereocenters. The number of rotatable bonds is 18. The second kappa shape index (κ2) is 18.8. The van der Waals surface area contributed by atoms with Gasteiger partial charge in [0.25, 0.3) is 0 Å². The van der Waals surface area contributed by atoms with Gasteiger partial charge in [0, 0.05) is 13.7 Å². The Hall–Kier alpha value is -3.08. The van der Waals surface area contributed by atoms with E-state index >= 15 is 0 Å². The predicted molar refractivity (Wildman–Crippen MR) is 172 cm³/mol. The molecule has 1 saturated heterocycles. The van der Waals surface area contributed by atoms with E-state index < -0.39 is 30.1 Å². The summed E-state index contributed by atoms with van der Waals surface area (Å²) in [6.45, 7) is 12.4. The van der Waals surface area contributed by atoms with Gasteiger partial charge in [0.2, 0.25) is 11.7 Å². The number of hydrogen-bond acceptors (Lipinski definition) is 9. The summed E-state index contributed by atoms with van der Waals surface area (Å²) in [5.74, 6) is 0.519. The maximum Gasteiger partial charge on any atom is 0.329 e. The van der Waals surface area contributed by atoms with Crippen LogP contribution in [0.15, 0.2) is 37.4 Å². The van der Waals surface area contributed by atoms with Crippen molar-refractivity contribution in [2.45, 2.75) is 95.5 Å². The van der Waals surface area contributed by atoms with Crippen molar-refractivity contribution in [3.05, 3.63) is 43.0 Å². The van der Waals surface area contributed by atoms with Gasteiger partial charge in [-0.05, 0) is 69.6 Å². The highest BCUT2D eigenvalue weighted by Crippen LogP contribution is 2.45. The summed E-state index contributed by atoms with van der Waals surface area (Å²) in [5, 5.41) is 0. The van der Waals surface area contributed by atoms with Crippen molar-refractivity contribution >= 4 is 11.9 Å². The molecule has 10 heteroatoms. The molecule has 0 bridgehead atoms. The fourth-order valence-electron chi connectivity index (χ4n) is 6.30. The summed E-state index contributed by atoms with van der Waals surface area (Å²) in [6, 6.07) is 3.08. The second-order valence-corrected chi connectivity index (χ2v) is 11.8. The normalized spacial score (nSPS) is 19.9. The molecule has 252 valence electrons. The summed E-state index contributed by atoms with van der Waals surface area (Å²) < 4.78 is 39.8. The standard InChI is InChI=1S/C35H53NO9/c1-8-19-42-24(3)22-43-31-21-27(20-30(40-6)33(31)41-7)32(26-15-11-10-12-16-26)34(37)36-18-14-13-17-28(36)35(38)45-25(4)29(9-2)44-23-39-5/h8-9,20-21,24-26,28-29,32H,1-2,10-19,22-23H2,3-7H3/t24-,25-,28+,29+,32+/m1/s1. The van der Waals surface area contributed by atoms with Crippen molar-refractivity contribution in [1.29, 1.82) is 0 Å². The minimum Gasteiger partial charge on any atom is -0.493 e. The third-order valence-electron chi connectivity index (χ3n) is 8.62. The Balaban J connectivity index is 1.95. The van der Waals surface area contributed by atoms with Gasteiger partial charge in [-0.1, -0.05) is 31.4 Å². The van der Waals surface area contributed by atoms with E-state index in [-0.39, 0.29) is 31.3 Å². The lowest BCUT2D eigenvalue weighted by atomic mass is 9.75. The van der Waals surface area contributed by atoms with Gasteiger partial charge >= 0.3 is 5.97 Å². The average Bonchev–Trinajstić information content (AvgIpc) is 3.06. The minimum absolute atomic E-state index is 0.0491. The summed E-state index contributed by atoms with van der Waals surface area (Å²) in [5.41, 5.74) is 0.782. The number of benzene rings is 1. The number of amides is 1. The van der Waals surface area contributed by atoms with Crippen molar-refractivity contribution in [3.8, 4) is 17.2 Å². The summed E-state index contributed by atoms with van der Waals surface area (Å²) in [4.78, 5) is 30.0. The Morgan fingerprint density at radius 3 is 2.31 bits per heavy atom. The van der Waals surface area contributed by atoms with Gasteiger partial charge in [-0.15, -0.1) is 13.2 Å². The number of piperidine rings is 1. The van der Waals surface area contributed by atoms with Crippen LogP contribution >= 0.6 is 0 Å². The molecular formula is C35H53NO9. The van der Waals surface area contributed by atoms with Crippen LogP contribution in [-0.4, -0.2) is 89.0 Å². The van der Waals surface area contributed by atoms with E-state index in [4.69, 9.17) is 33.2 Å². The number of nitrogens with zero attached hydrogens (tertiary/aromatic N) is 1. The molecular weight excluding hydrogens is 578 g/mol. The highest BCUT2D eigenvalue weighted by Gasteiger charge is 2.41. The second-order valence-electron chi connectivity index (χ2n) is 11.8.